The van der Waals surface area contributed by atoms with Crippen LogP contribution in [0.4, 0.5) is 15.3 Å². The van der Waals surface area contributed by atoms with E-state index in [9.17, 15) is 32.4 Å². The molecule has 1 aromatic rings. The second-order valence-electron chi connectivity index (χ2n) is 12.7. The van der Waals surface area contributed by atoms with Crippen LogP contribution >= 0.6 is 0 Å². The molecule has 2 heterocycles. The number of carbonyl (C=O) groups is 5. The van der Waals surface area contributed by atoms with Gasteiger partial charge in [0.2, 0.25) is 21.8 Å². The number of alkyl carbamates (subject to hydrolysis) is 1. The summed E-state index contributed by atoms with van der Waals surface area (Å²) in [5, 5.41) is 7.42. The predicted molar refractivity (Wildman–Crippen MR) is 170 cm³/mol. The molecule has 4 aliphatic rings. The zero-order valence-electron chi connectivity index (χ0n) is 26.5. The van der Waals surface area contributed by atoms with Gasteiger partial charge in [0.25, 0.3) is 5.91 Å². The van der Waals surface area contributed by atoms with Gasteiger partial charge in [0.15, 0.2) is 0 Å². The first-order valence-electron chi connectivity index (χ1n) is 16.3. The van der Waals surface area contributed by atoms with Crippen LogP contribution in [0.3, 0.4) is 0 Å². The van der Waals surface area contributed by atoms with Crippen molar-refractivity contribution in [1.82, 2.24) is 20.3 Å². The smallest absolute Gasteiger partial charge is 0.411 e. The standard InChI is InChI=1S/C32H43N5O9S/c1-3-5-12-25-28(39)37-19-23(46-31(42)33-22-11-8-10-20(16-22)9-6-7-15-45-30(41)34-25)17-26(37)27(38)35-32(18-21(32)4-2)29(40)36-47(43,44)24-13-14-24/h4,8,10-11,16,21,23-26H,2-3,5-7,9,12-15,17-19H2,1H3,(H,33,42)(H,34,41)(H,35,38)(H,36,40)/t21?,23-,25+,26+,32-/m1/s1. The number of ether oxygens (including phenoxy) is 2. The highest BCUT2D eigenvalue weighted by Crippen LogP contribution is 2.45. The summed E-state index contributed by atoms with van der Waals surface area (Å²) < 4.78 is 38.3. The summed E-state index contributed by atoms with van der Waals surface area (Å²) in [6, 6.07) is 5.05. The number of fused-ring (bicyclic) bond motifs is 4. The van der Waals surface area contributed by atoms with Gasteiger partial charge >= 0.3 is 12.2 Å². The number of benzene rings is 1. The highest BCUT2D eigenvalue weighted by atomic mass is 32.2. The molecule has 2 aliphatic carbocycles. The lowest BCUT2D eigenvalue weighted by atomic mass is 10.1. The van der Waals surface area contributed by atoms with Gasteiger partial charge in [-0.1, -0.05) is 38.0 Å². The monoisotopic (exact) mass is 673 g/mol. The minimum atomic E-state index is -3.89. The van der Waals surface area contributed by atoms with Gasteiger partial charge in [-0.05, 0) is 62.6 Å². The average Bonchev–Trinajstić information content (AvgIpc) is 3.95. The number of anilines is 1. The molecule has 5 amide bonds. The fraction of sp³-hybridized carbons (Fsp3) is 0.594. The zero-order valence-corrected chi connectivity index (χ0v) is 27.3. The molecular weight excluding hydrogens is 630 g/mol. The predicted octanol–water partition coefficient (Wildman–Crippen LogP) is 2.50. The fourth-order valence-electron chi connectivity index (χ4n) is 6.14. The first-order chi connectivity index (χ1) is 22.5. The summed E-state index contributed by atoms with van der Waals surface area (Å²) in [5.74, 6) is -2.68. The van der Waals surface area contributed by atoms with E-state index >= 15 is 0 Å². The minimum absolute atomic E-state index is 0.0905. The van der Waals surface area contributed by atoms with Crippen molar-refractivity contribution in [2.45, 2.75) is 100 Å². The third-order valence-corrected chi connectivity index (χ3v) is 10.9. The molecule has 0 aromatic heterocycles. The first kappa shape index (κ1) is 34.2. The largest absolute Gasteiger partial charge is 0.450 e. The molecule has 15 heteroatoms. The van der Waals surface area contributed by atoms with Gasteiger partial charge < -0.3 is 25.0 Å². The molecule has 1 aromatic carbocycles. The van der Waals surface area contributed by atoms with Crippen LogP contribution < -0.4 is 20.7 Å². The number of hydrogen-bond donors (Lipinski definition) is 4. The van der Waals surface area contributed by atoms with Crippen LogP contribution in [0.1, 0.15) is 70.3 Å². The SMILES string of the molecule is C=CC1C[C@]1(NC(=O)[C@@H]1C[C@@H]2CN1C(=O)[C@H](CCCC)NC(=O)OCCCCc1cccc(c1)NC(=O)O2)C(=O)NS(=O)(=O)C1CC1. The summed E-state index contributed by atoms with van der Waals surface area (Å²) in [7, 11) is -3.89. The Balaban J connectivity index is 1.39. The Morgan fingerprint density at radius 1 is 1.17 bits per heavy atom. The highest BCUT2D eigenvalue weighted by Gasteiger charge is 2.62. The zero-order chi connectivity index (χ0) is 33.8. The normalized spacial score (nSPS) is 28.4. The Hall–Kier alpha value is -4.14. The van der Waals surface area contributed by atoms with Gasteiger partial charge in [0.05, 0.1) is 18.4 Å². The van der Waals surface area contributed by atoms with E-state index in [0.29, 0.717) is 37.8 Å². The third kappa shape index (κ3) is 8.24. The van der Waals surface area contributed by atoms with E-state index in [4.69, 9.17) is 9.47 Å². The Morgan fingerprint density at radius 2 is 1.96 bits per heavy atom. The lowest BCUT2D eigenvalue weighted by Crippen LogP contribution is -2.58. The molecular formula is C32H43N5O9S. The number of rotatable bonds is 9. The minimum Gasteiger partial charge on any atom is -0.450 e. The second kappa shape index (κ2) is 14.3. The van der Waals surface area contributed by atoms with E-state index in [-0.39, 0.29) is 32.4 Å². The van der Waals surface area contributed by atoms with Crippen LogP contribution in [0.2, 0.25) is 0 Å². The van der Waals surface area contributed by atoms with E-state index in [2.05, 4.69) is 27.3 Å². The van der Waals surface area contributed by atoms with Crippen LogP contribution in [0, 0.1) is 5.92 Å². The number of nitrogens with one attached hydrogen (secondary N) is 4. The van der Waals surface area contributed by atoms with Gasteiger partial charge in [-0.15, -0.1) is 6.58 Å². The molecule has 0 spiro atoms. The Bertz CT molecular complexity index is 1510. The molecule has 1 saturated heterocycles. The second-order valence-corrected chi connectivity index (χ2v) is 14.7. The van der Waals surface area contributed by atoms with Gasteiger partial charge in [-0.25, -0.2) is 18.0 Å². The van der Waals surface area contributed by atoms with Crippen LogP contribution in [0.15, 0.2) is 36.9 Å². The molecule has 2 saturated carbocycles. The highest BCUT2D eigenvalue weighted by molar-refractivity contribution is 7.91. The molecule has 0 radical (unpaired) electrons. The number of aryl methyl sites for hydroxylation is 1. The van der Waals surface area contributed by atoms with Crippen molar-refractivity contribution in [3.63, 3.8) is 0 Å². The number of amides is 5. The van der Waals surface area contributed by atoms with Crippen molar-refractivity contribution in [3.8, 4) is 0 Å². The van der Waals surface area contributed by atoms with E-state index in [1.165, 1.54) is 11.0 Å². The summed E-state index contributed by atoms with van der Waals surface area (Å²) >= 11 is 0. The van der Waals surface area contributed by atoms with E-state index < -0.39 is 74.8 Å². The fourth-order valence-corrected chi connectivity index (χ4v) is 7.51. The van der Waals surface area contributed by atoms with Crippen molar-refractivity contribution < 1.29 is 41.9 Å². The van der Waals surface area contributed by atoms with Crippen molar-refractivity contribution in [2.75, 3.05) is 18.5 Å². The summed E-state index contributed by atoms with van der Waals surface area (Å²) in [6.07, 6.45) is 3.61. The van der Waals surface area contributed by atoms with E-state index in [1.807, 2.05) is 19.1 Å². The molecule has 256 valence electrons. The number of hydrogen-bond acceptors (Lipinski definition) is 9. The molecule has 4 N–H and O–H groups in total. The quantitative estimate of drug-likeness (QED) is 0.286. The van der Waals surface area contributed by atoms with Crippen LogP contribution in [-0.4, -0.2) is 85.4 Å². The molecule has 5 atom stereocenters. The molecule has 5 rings (SSSR count). The number of nitrogens with zero attached hydrogens (tertiary/aromatic N) is 1. The lowest BCUT2D eigenvalue weighted by Gasteiger charge is -2.29. The lowest BCUT2D eigenvalue weighted by molar-refractivity contribution is -0.141. The number of carbonyl (C=O) groups excluding carboxylic acids is 5. The number of cyclic esters (lactones) is 1. The Labute approximate surface area is 274 Å². The van der Waals surface area contributed by atoms with Crippen molar-refractivity contribution in [2.24, 2.45) is 5.92 Å². The maximum absolute atomic E-state index is 14.0. The molecule has 1 unspecified atom stereocenters. The van der Waals surface area contributed by atoms with Gasteiger partial charge in [0.1, 0.15) is 23.7 Å². The van der Waals surface area contributed by atoms with Crippen molar-refractivity contribution in [3.05, 3.63) is 42.5 Å². The van der Waals surface area contributed by atoms with Gasteiger partial charge in [0, 0.05) is 18.0 Å². The first-order valence-corrected chi connectivity index (χ1v) is 17.8. The average molecular weight is 674 g/mol. The van der Waals surface area contributed by atoms with Gasteiger partial charge in [-0.3, -0.25) is 24.4 Å². The van der Waals surface area contributed by atoms with E-state index in [1.54, 1.807) is 12.1 Å². The summed E-state index contributed by atoms with van der Waals surface area (Å²) in [5.41, 5.74) is -0.0714. The van der Waals surface area contributed by atoms with Crippen molar-refractivity contribution >= 4 is 45.6 Å². The summed E-state index contributed by atoms with van der Waals surface area (Å²) in [6.45, 7) is 5.65. The molecule has 14 nitrogen and oxygen atoms in total. The Kier molecular flexibility index (Phi) is 10.4. The van der Waals surface area contributed by atoms with Crippen molar-refractivity contribution in [1.29, 1.82) is 0 Å². The number of sulfonamides is 1. The van der Waals surface area contributed by atoms with Crippen LogP contribution in [-0.2, 0) is 40.3 Å². The topological polar surface area (TPSA) is 189 Å². The van der Waals surface area contributed by atoms with Gasteiger partial charge in [-0.2, -0.15) is 0 Å². The summed E-state index contributed by atoms with van der Waals surface area (Å²) in [4.78, 5) is 68.2. The molecule has 2 aliphatic heterocycles. The number of unbranched alkanes of at least 4 members (excludes halogenated alkanes) is 1. The van der Waals surface area contributed by atoms with E-state index in [0.717, 1.165) is 18.4 Å². The van der Waals surface area contributed by atoms with Crippen LogP contribution in [0.5, 0.6) is 0 Å². The molecule has 3 fully saturated rings. The molecule has 47 heavy (non-hydrogen) atoms. The Morgan fingerprint density at radius 3 is 2.66 bits per heavy atom. The maximum Gasteiger partial charge on any atom is 0.411 e. The molecule has 4 bridgehead atoms. The van der Waals surface area contributed by atoms with Crippen LogP contribution in [0.25, 0.3) is 0 Å². The maximum atomic E-state index is 14.0. The third-order valence-electron chi connectivity index (χ3n) is 9.07.